The van der Waals surface area contributed by atoms with E-state index in [4.69, 9.17) is 4.42 Å². The van der Waals surface area contributed by atoms with Gasteiger partial charge in [0.25, 0.3) is 5.91 Å². The number of hydrogen-bond donors (Lipinski definition) is 0. The van der Waals surface area contributed by atoms with Crippen LogP contribution in [-0.4, -0.2) is 16.1 Å². The van der Waals surface area contributed by atoms with Crippen LogP contribution < -0.4 is 10.3 Å². The molecule has 0 saturated heterocycles. The number of anilines is 1. The fourth-order valence-corrected chi connectivity index (χ4v) is 4.73. The van der Waals surface area contributed by atoms with Crippen LogP contribution in [0, 0.1) is 11.6 Å². The van der Waals surface area contributed by atoms with Gasteiger partial charge in [0.1, 0.15) is 22.2 Å². The van der Waals surface area contributed by atoms with Crippen molar-refractivity contribution in [1.82, 2.24) is 10.2 Å². The van der Waals surface area contributed by atoms with E-state index in [-0.39, 0.29) is 22.3 Å². The largest absolute Gasteiger partial charge is 0.450 e. The van der Waals surface area contributed by atoms with Crippen LogP contribution in [0.2, 0.25) is 0 Å². The fourth-order valence-electron chi connectivity index (χ4n) is 3.76. The quantitative estimate of drug-likeness (QED) is 0.464. The first-order valence-corrected chi connectivity index (χ1v) is 10.5. The molecule has 0 spiro atoms. The smallest absolute Gasteiger partial charge is 0.297 e. The Kier molecular flexibility index (Phi) is 4.62. The predicted octanol–water partition coefficient (Wildman–Crippen LogP) is 4.63. The molecule has 6 nitrogen and oxygen atoms in total. The highest BCUT2D eigenvalue weighted by Gasteiger charge is 2.45. The van der Waals surface area contributed by atoms with Gasteiger partial charge in [-0.15, -0.1) is 10.2 Å². The molecule has 9 heteroatoms. The lowest BCUT2D eigenvalue weighted by atomic mass is 9.98. The fraction of sp³-hybridized carbons (Fsp3) is 0.182. The van der Waals surface area contributed by atoms with E-state index in [9.17, 15) is 18.4 Å². The first kappa shape index (κ1) is 19.5. The third-order valence-corrected chi connectivity index (χ3v) is 6.13. The number of carbonyl (C=O) groups is 1. The van der Waals surface area contributed by atoms with E-state index < -0.39 is 29.0 Å². The summed E-state index contributed by atoms with van der Waals surface area (Å²) in [5.74, 6) is -1.72. The molecule has 1 amide bonds. The summed E-state index contributed by atoms with van der Waals surface area (Å²) in [6.07, 6.45) is 1.56. The Hall–Kier alpha value is -3.46. The monoisotopic (exact) mass is 439 g/mol. The van der Waals surface area contributed by atoms with Crippen molar-refractivity contribution in [3.8, 4) is 0 Å². The van der Waals surface area contributed by atoms with Crippen LogP contribution in [0.3, 0.4) is 0 Å². The third kappa shape index (κ3) is 3.12. The first-order valence-electron chi connectivity index (χ1n) is 9.65. The summed E-state index contributed by atoms with van der Waals surface area (Å²) in [6.45, 7) is 2.01. The van der Waals surface area contributed by atoms with Gasteiger partial charge in [0, 0.05) is 6.42 Å². The number of aromatic nitrogens is 2. The number of benzene rings is 2. The number of rotatable bonds is 4. The zero-order chi connectivity index (χ0) is 21.7. The number of carbonyl (C=O) groups excluding carboxylic acids is 1. The summed E-state index contributed by atoms with van der Waals surface area (Å²) >= 11 is 1.25. The Bertz CT molecular complexity index is 1380. The van der Waals surface area contributed by atoms with Crippen molar-refractivity contribution < 1.29 is 18.0 Å². The van der Waals surface area contributed by atoms with Gasteiger partial charge in [0.2, 0.25) is 10.9 Å². The van der Waals surface area contributed by atoms with Crippen LogP contribution >= 0.6 is 11.3 Å². The van der Waals surface area contributed by atoms with Crippen molar-refractivity contribution in [2.24, 2.45) is 0 Å². The number of hydrogen-bond acceptors (Lipinski definition) is 6. The predicted molar refractivity (Wildman–Crippen MR) is 111 cm³/mol. The average molecular weight is 439 g/mol. The van der Waals surface area contributed by atoms with Crippen molar-refractivity contribution in [3.63, 3.8) is 0 Å². The van der Waals surface area contributed by atoms with E-state index >= 15 is 0 Å². The summed E-state index contributed by atoms with van der Waals surface area (Å²) < 4.78 is 33.1. The SMILES string of the molecule is CCCc1nnc(N2C(=O)c3oc4ccc(F)cc4c(=O)c3C2c2ccc(F)cc2)s1. The molecule has 156 valence electrons. The molecular formula is C22H15F2N3O3S. The molecule has 4 aromatic rings. The summed E-state index contributed by atoms with van der Waals surface area (Å²) in [4.78, 5) is 28.0. The molecule has 0 saturated carbocycles. The molecule has 31 heavy (non-hydrogen) atoms. The lowest BCUT2D eigenvalue weighted by molar-refractivity contribution is 0.0970. The second kappa shape index (κ2) is 7.35. The first-order chi connectivity index (χ1) is 15.0. The highest BCUT2D eigenvalue weighted by atomic mass is 32.1. The van der Waals surface area contributed by atoms with Crippen molar-refractivity contribution in [1.29, 1.82) is 0 Å². The van der Waals surface area contributed by atoms with Gasteiger partial charge in [-0.05, 0) is 42.3 Å². The Morgan fingerprint density at radius 3 is 2.55 bits per heavy atom. The molecule has 0 bridgehead atoms. The lowest BCUT2D eigenvalue weighted by Gasteiger charge is -2.22. The number of nitrogens with zero attached hydrogens (tertiary/aromatic N) is 3. The van der Waals surface area contributed by atoms with Crippen LogP contribution in [-0.2, 0) is 6.42 Å². The molecule has 1 aliphatic rings. The Balaban J connectivity index is 1.77. The topological polar surface area (TPSA) is 76.3 Å². The van der Waals surface area contributed by atoms with Gasteiger partial charge in [-0.25, -0.2) is 8.78 Å². The Labute approximate surface area is 178 Å². The highest BCUT2D eigenvalue weighted by molar-refractivity contribution is 7.15. The molecule has 2 aromatic heterocycles. The van der Waals surface area contributed by atoms with E-state index in [0.29, 0.717) is 17.1 Å². The van der Waals surface area contributed by atoms with Gasteiger partial charge in [-0.2, -0.15) is 0 Å². The van der Waals surface area contributed by atoms with Crippen LogP contribution in [0.15, 0.2) is 51.7 Å². The number of amides is 1. The maximum atomic E-state index is 13.8. The zero-order valence-corrected chi connectivity index (χ0v) is 17.1. The minimum absolute atomic E-state index is 0.0319. The minimum Gasteiger partial charge on any atom is -0.450 e. The van der Waals surface area contributed by atoms with Gasteiger partial charge < -0.3 is 4.42 Å². The molecule has 5 rings (SSSR count). The van der Waals surface area contributed by atoms with Gasteiger partial charge in [0.05, 0.1) is 17.0 Å². The van der Waals surface area contributed by atoms with E-state index in [0.717, 1.165) is 23.6 Å². The molecule has 0 N–H and O–H groups in total. The summed E-state index contributed by atoms with van der Waals surface area (Å²) in [5.41, 5.74) is 0.173. The molecular weight excluding hydrogens is 424 g/mol. The van der Waals surface area contributed by atoms with E-state index in [1.807, 2.05) is 6.92 Å². The van der Waals surface area contributed by atoms with Crippen molar-refractivity contribution in [2.45, 2.75) is 25.8 Å². The van der Waals surface area contributed by atoms with Crippen LogP contribution in [0.5, 0.6) is 0 Å². The standard InChI is InChI=1S/C22H15F2N3O3S/c1-2-3-16-25-26-22(31-16)27-18(11-4-6-12(23)7-5-11)17-19(28)14-10-13(24)8-9-15(14)30-20(17)21(27)29/h4-10,18H,2-3H2,1H3. The number of fused-ring (bicyclic) bond motifs is 2. The molecule has 1 atom stereocenters. The molecule has 0 radical (unpaired) electrons. The number of halogens is 2. The van der Waals surface area contributed by atoms with Crippen molar-refractivity contribution in [3.05, 3.63) is 86.2 Å². The molecule has 0 fully saturated rings. The normalized spacial score (nSPS) is 15.6. The van der Waals surface area contributed by atoms with Crippen LogP contribution in [0.4, 0.5) is 13.9 Å². The lowest BCUT2D eigenvalue weighted by Crippen LogP contribution is -2.29. The Morgan fingerprint density at radius 1 is 1.06 bits per heavy atom. The van der Waals surface area contributed by atoms with Gasteiger partial charge in [0.15, 0.2) is 5.43 Å². The Morgan fingerprint density at radius 2 is 1.81 bits per heavy atom. The minimum atomic E-state index is -0.894. The molecule has 2 aromatic carbocycles. The maximum absolute atomic E-state index is 13.8. The van der Waals surface area contributed by atoms with Gasteiger partial charge >= 0.3 is 0 Å². The maximum Gasteiger partial charge on any atom is 0.297 e. The van der Waals surface area contributed by atoms with Crippen LogP contribution in [0.1, 0.15) is 46.1 Å². The van der Waals surface area contributed by atoms with E-state index in [2.05, 4.69) is 10.2 Å². The van der Waals surface area contributed by atoms with Crippen molar-refractivity contribution >= 4 is 33.3 Å². The second-order valence-electron chi connectivity index (χ2n) is 7.17. The average Bonchev–Trinajstić information content (AvgIpc) is 3.32. The molecule has 1 aliphatic heterocycles. The second-order valence-corrected chi connectivity index (χ2v) is 8.21. The number of aryl methyl sites for hydroxylation is 1. The highest BCUT2D eigenvalue weighted by Crippen LogP contribution is 2.42. The van der Waals surface area contributed by atoms with Gasteiger partial charge in [-0.3, -0.25) is 14.5 Å². The zero-order valence-electron chi connectivity index (χ0n) is 16.3. The summed E-state index contributed by atoms with van der Waals surface area (Å²) in [5, 5.41) is 9.38. The van der Waals surface area contributed by atoms with E-state index in [1.165, 1.54) is 46.6 Å². The summed E-state index contributed by atoms with van der Waals surface area (Å²) in [7, 11) is 0. The molecule has 1 unspecified atom stereocenters. The van der Waals surface area contributed by atoms with E-state index in [1.54, 1.807) is 0 Å². The molecule has 3 heterocycles. The summed E-state index contributed by atoms with van der Waals surface area (Å²) in [6, 6.07) is 8.17. The van der Waals surface area contributed by atoms with Crippen molar-refractivity contribution in [2.75, 3.05) is 4.90 Å². The third-order valence-electron chi connectivity index (χ3n) is 5.14. The molecule has 0 aliphatic carbocycles. The van der Waals surface area contributed by atoms with Crippen LogP contribution in [0.25, 0.3) is 11.0 Å². The van der Waals surface area contributed by atoms with Gasteiger partial charge in [-0.1, -0.05) is 30.4 Å².